The first-order valence-corrected chi connectivity index (χ1v) is 11.5. The number of ether oxygens (including phenoxy) is 2. The Bertz CT molecular complexity index is 1270. The fourth-order valence-corrected chi connectivity index (χ4v) is 4.06. The molecule has 0 saturated heterocycles. The third-order valence-electron chi connectivity index (χ3n) is 4.89. The number of methoxy groups -OCH3 is 1. The second kappa shape index (κ2) is 10.8. The molecule has 174 valence electrons. The topological polar surface area (TPSA) is 78.3 Å². The summed E-state index contributed by atoms with van der Waals surface area (Å²) in [5, 5.41) is 12.0. The van der Waals surface area contributed by atoms with Gasteiger partial charge in [0.1, 0.15) is 5.75 Å². The Kier molecular flexibility index (Phi) is 7.44. The minimum absolute atomic E-state index is 0.103. The molecule has 7 nitrogen and oxygen atoms in total. The molecule has 0 spiro atoms. The second-order valence-corrected chi connectivity index (χ2v) is 8.18. The predicted octanol–water partition coefficient (Wildman–Crippen LogP) is 5.29. The highest BCUT2D eigenvalue weighted by Gasteiger charge is 2.22. The van der Waals surface area contributed by atoms with Crippen molar-refractivity contribution in [3.63, 3.8) is 0 Å². The summed E-state index contributed by atoms with van der Waals surface area (Å²) in [5.74, 6) is 0.628. The van der Waals surface area contributed by atoms with Crippen molar-refractivity contribution in [1.29, 1.82) is 0 Å². The van der Waals surface area contributed by atoms with Crippen LogP contribution in [0.25, 0.3) is 5.69 Å². The summed E-state index contributed by atoms with van der Waals surface area (Å²) in [6, 6.07) is 22.9. The number of nitrogens with zero attached hydrogens (tertiary/aromatic N) is 3. The first-order chi connectivity index (χ1) is 16.6. The summed E-state index contributed by atoms with van der Waals surface area (Å²) in [6.07, 6.45) is -0.596. The van der Waals surface area contributed by atoms with Crippen LogP contribution < -0.4 is 14.8 Å². The predicted molar refractivity (Wildman–Crippen MR) is 129 cm³/mol. The summed E-state index contributed by atoms with van der Waals surface area (Å²) in [7, 11) is 1.55. The minimum atomic E-state index is -0.596. The van der Waals surface area contributed by atoms with Gasteiger partial charge in [-0.25, -0.2) is 4.39 Å². The summed E-state index contributed by atoms with van der Waals surface area (Å²) >= 11 is 1.24. The van der Waals surface area contributed by atoms with E-state index in [0.29, 0.717) is 22.4 Å². The van der Waals surface area contributed by atoms with E-state index in [-0.39, 0.29) is 17.4 Å². The van der Waals surface area contributed by atoms with Crippen LogP contribution in [0.1, 0.15) is 18.9 Å². The van der Waals surface area contributed by atoms with Crippen molar-refractivity contribution in [2.75, 3.05) is 18.2 Å². The first-order valence-electron chi connectivity index (χ1n) is 10.5. The van der Waals surface area contributed by atoms with Crippen molar-refractivity contribution >= 4 is 23.4 Å². The van der Waals surface area contributed by atoms with E-state index >= 15 is 0 Å². The molecule has 0 radical (unpaired) electrons. The molecule has 1 N–H and O–H groups in total. The van der Waals surface area contributed by atoms with Crippen LogP contribution in [0.15, 0.2) is 84.0 Å². The zero-order chi connectivity index (χ0) is 23.9. The number of hydrogen-bond donors (Lipinski definition) is 1. The highest BCUT2D eigenvalue weighted by atomic mass is 32.2. The van der Waals surface area contributed by atoms with E-state index in [1.165, 1.54) is 17.8 Å². The number of benzene rings is 3. The SMILES string of the molecule is COc1ccccc1NC(=O)CSc1nnc(C(C)Oc2ccccc2F)n1-c1ccccc1. The third-order valence-corrected chi connectivity index (χ3v) is 5.82. The standard InChI is InChI=1S/C25H23FN4O3S/c1-17(33-21-14-8-6-12-19(21)26)24-28-29-25(30(24)18-10-4-3-5-11-18)34-16-23(31)27-20-13-7-9-15-22(20)32-2/h3-15,17H,16H2,1-2H3,(H,27,31). The van der Waals surface area contributed by atoms with Crippen molar-refractivity contribution in [2.24, 2.45) is 0 Å². The van der Waals surface area contributed by atoms with Gasteiger partial charge in [-0.2, -0.15) is 0 Å². The van der Waals surface area contributed by atoms with Crippen LogP contribution in [0.2, 0.25) is 0 Å². The molecule has 9 heteroatoms. The summed E-state index contributed by atoms with van der Waals surface area (Å²) < 4.78 is 27.0. The van der Waals surface area contributed by atoms with Crippen LogP contribution in [-0.2, 0) is 4.79 Å². The van der Waals surface area contributed by atoms with Gasteiger partial charge in [0.05, 0.1) is 18.6 Å². The molecule has 0 aliphatic rings. The molecule has 4 rings (SSSR count). The van der Waals surface area contributed by atoms with E-state index < -0.39 is 11.9 Å². The number of aromatic nitrogens is 3. The fourth-order valence-electron chi connectivity index (χ4n) is 3.31. The Morgan fingerprint density at radius 2 is 1.68 bits per heavy atom. The lowest BCUT2D eigenvalue weighted by molar-refractivity contribution is -0.113. The molecule has 3 aromatic carbocycles. The molecule has 1 atom stereocenters. The number of anilines is 1. The molecule has 0 saturated carbocycles. The summed E-state index contributed by atoms with van der Waals surface area (Å²) in [5.41, 5.74) is 1.40. The molecular formula is C25H23FN4O3S. The molecule has 0 aliphatic heterocycles. The Hall–Kier alpha value is -3.85. The zero-order valence-corrected chi connectivity index (χ0v) is 19.5. The highest BCUT2D eigenvalue weighted by molar-refractivity contribution is 7.99. The Morgan fingerprint density at radius 1 is 1.00 bits per heavy atom. The van der Waals surface area contributed by atoms with Gasteiger partial charge < -0.3 is 14.8 Å². The van der Waals surface area contributed by atoms with Gasteiger partial charge in [0, 0.05) is 5.69 Å². The Morgan fingerprint density at radius 3 is 2.41 bits per heavy atom. The van der Waals surface area contributed by atoms with E-state index in [4.69, 9.17) is 9.47 Å². The number of nitrogens with one attached hydrogen (secondary N) is 1. The van der Waals surface area contributed by atoms with Gasteiger partial charge >= 0.3 is 0 Å². The zero-order valence-electron chi connectivity index (χ0n) is 18.6. The van der Waals surface area contributed by atoms with Crippen LogP contribution in [0.5, 0.6) is 11.5 Å². The lowest BCUT2D eigenvalue weighted by Crippen LogP contribution is -2.16. The lowest BCUT2D eigenvalue weighted by Gasteiger charge is -2.17. The van der Waals surface area contributed by atoms with E-state index in [0.717, 1.165) is 5.69 Å². The Labute approximate surface area is 200 Å². The van der Waals surface area contributed by atoms with Gasteiger partial charge in [-0.1, -0.05) is 54.2 Å². The average Bonchev–Trinajstić information content (AvgIpc) is 3.29. The maximum absolute atomic E-state index is 14.1. The number of carbonyl (C=O) groups excluding carboxylic acids is 1. The molecule has 1 amide bonds. The number of thioether (sulfide) groups is 1. The van der Waals surface area contributed by atoms with Crippen LogP contribution in [-0.4, -0.2) is 33.5 Å². The number of hydrogen-bond acceptors (Lipinski definition) is 6. The molecule has 34 heavy (non-hydrogen) atoms. The molecule has 1 heterocycles. The van der Waals surface area contributed by atoms with Crippen molar-refractivity contribution in [1.82, 2.24) is 14.8 Å². The van der Waals surface area contributed by atoms with Crippen LogP contribution >= 0.6 is 11.8 Å². The largest absolute Gasteiger partial charge is 0.495 e. The number of amides is 1. The molecule has 0 aliphatic carbocycles. The molecule has 0 bridgehead atoms. The van der Waals surface area contributed by atoms with Crippen molar-refractivity contribution in [3.8, 4) is 17.2 Å². The monoisotopic (exact) mass is 478 g/mol. The summed E-state index contributed by atoms with van der Waals surface area (Å²) in [6.45, 7) is 1.78. The molecule has 1 unspecified atom stereocenters. The summed E-state index contributed by atoms with van der Waals surface area (Å²) in [4.78, 5) is 12.6. The molecule has 0 fully saturated rings. The highest BCUT2D eigenvalue weighted by Crippen LogP contribution is 2.29. The third kappa shape index (κ3) is 5.37. The average molecular weight is 479 g/mol. The van der Waals surface area contributed by atoms with Crippen molar-refractivity contribution in [2.45, 2.75) is 18.2 Å². The molecule has 1 aromatic heterocycles. The Balaban J connectivity index is 1.55. The van der Waals surface area contributed by atoms with Gasteiger partial charge in [0.15, 0.2) is 28.7 Å². The minimum Gasteiger partial charge on any atom is -0.495 e. The van der Waals surface area contributed by atoms with Crippen LogP contribution in [0.4, 0.5) is 10.1 Å². The first kappa shape index (κ1) is 23.3. The lowest BCUT2D eigenvalue weighted by atomic mass is 10.3. The van der Waals surface area contributed by atoms with Gasteiger partial charge in [-0.05, 0) is 43.3 Å². The molecular weight excluding hydrogens is 455 g/mol. The maximum Gasteiger partial charge on any atom is 0.234 e. The van der Waals surface area contributed by atoms with E-state index in [9.17, 15) is 9.18 Å². The van der Waals surface area contributed by atoms with Gasteiger partial charge in [0.25, 0.3) is 0 Å². The van der Waals surface area contributed by atoms with E-state index in [1.807, 2.05) is 47.0 Å². The normalized spacial score (nSPS) is 11.6. The van der Waals surface area contributed by atoms with Crippen LogP contribution in [0.3, 0.4) is 0 Å². The van der Waals surface area contributed by atoms with Gasteiger partial charge in [-0.15, -0.1) is 10.2 Å². The number of rotatable bonds is 9. The van der Waals surface area contributed by atoms with Crippen molar-refractivity contribution in [3.05, 3.63) is 90.5 Å². The second-order valence-electron chi connectivity index (χ2n) is 7.24. The number of carbonyl (C=O) groups is 1. The molecule has 4 aromatic rings. The van der Waals surface area contributed by atoms with Crippen molar-refractivity contribution < 1.29 is 18.7 Å². The fraction of sp³-hybridized carbons (Fsp3) is 0.160. The van der Waals surface area contributed by atoms with Gasteiger partial charge in [0.2, 0.25) is 5.91 Å². The smallest absolute Gasteiger partial charge is 0.234 e. The number of para-hydroxylation sites is 4. The van der Waals surface area contributed by atoms with E-state index in [1.54, 1.807) is 44.4 Å². The maximum atomic E-state index is 14.1. The quantitative estimate of drug-likeness (QED) is 0.330. The van der Waals surface area contributed by atoms with Crippen LogP contribution in [0, 0.1) is 5.82 Å². The van der Waals surface area contributed by atoms with Gasteiger partial charge in [-0.3, -0.25) is 9.36 Å². The van der Waals surface area contributed by atoms with E-state index in [2.05, 4.69) is 15.5 Å². The number of halogens is 1.